The number of hydrogen-bond acceptors (Lipinski definition) is 5. The summed E-state index contributed by atoms with van der Waals surface area (Å²) < 4.78 is 12.3. The zero-order valence-electron chi connectivity index (χ0n) is 19.0. The average Bonchev–Trinajstić information content (AvgIpc) is 2.83. The van der Waals surface area contributed by atoms with Crippen LogP contribution in [0.5, 0.6) is 0 Å². The Kier molecular flexibility index (Phi) is 7.33. The zero-order valence-corrected chi connectivity index (χ0v) is 20.6. The largest absolute Gasteiger partial charge is 0.388 e. The molecule has 1 heterocycles. The minimum absolute atomic E-state index is 0.252. The smallest absolute Gasteiger partial charge is 0.115 e. The molecule has 4 nitrogen and oxygen atoms in total. The summed E-state index contributed by atoms with van der Waals surface area (Å²) in [7, 11) is -1.11. The molecule has 0 bridgehead atoms. The summed E-state index contributed by atoms with van der Waals surface area (Å²) in [5.41, 5.74) is 4.21. The number of aromatic nitrogens is 1. The molecular formula is C27H28N2O2S2. The van der Waals surface area contributed by atoms with Crippen molar-refractivity contribution in [3.05, 3.63) is 71.8 Å². The van der Waals surface area contributed by atoms with Gasteiger partial charge in [-0.1, -0.05) is 73.0 Å². The van der Waals surface area contributed by atoms with Gasteiger partial charge in [-0.05, 0) is 31.4 Å². The van der Waals surface area contributed by atoms with Crippen molar-refractivity contribution in [3.8, 4) is 28.5 Å². The fourth-order valence-corrected chi connectivity index (χ4v) is 7.09. The lowest BCUT2D eigenvalue weighted by Crippen LogP contribution is -2.49. The minimum Gasteiger partial charge on any atom is -0.388 e. The monoisotopic (exact) mass is 476 g/mol. The summed E-state index contributed by atoms with van der Waals surface area (Å²) in [5, 5.41) is 21.8. The molecule has 0 radical (unpaired) electrons. The van der Waals surface area contributed by atoms with E-state index in [0.717, 1.165) is 41.6 Å². The standard InChI is InChI=1S/C27H28N2O2S2/c1-19-11-13-21(14-12-19)24-16-22(20-8-4-3-5-9-20)23(17-28)26(29-24)32-18-27(30)15-7-6-10-25(27)33(2)31/h3-5,8-9,11-14,16,25,30H,6-7,10,15,18H2,1-2H3/t25-,27+,33-/m0/s1. The first-order valence-corrected chi connectivity index (χ1v) is 13.8. The van der Waals surface area contributed by atoms with E-state index in [1.54, 1.807) is 6.26 Å². The van der Waals surface area contributed by atoms with Gasteiger partial charge < -0.3 is 5.11 Å². The maximum Gasteiger partial charge on any atom is 0.115 e. The Morgan fingerprint density at radius 2 is 1.88 bits per heavy atom. The van der Waals surface area contributed by atoms with Crippen LogP contribution in [0.2, 0.25) is 0 Å². The first-order valence-electron chi connectivity index (χ1n) is 11.2. The van der Waals surface area contributed by atoms with Gasteiger partial charge in [0.1, 0.15) is 11.1 Å². The molecule has 1 aromatic heterocycles. The molecule has 2 aromatic carbocycles. The van der Waals surface area contributed by atoms with Gasteiger partial charge in [0.05, 0.1) is 22.1 Å². The van der Waals surface area contributed by atoms with Gasteiger partial charge in [-0.15, -0.1) is 11.8 Å². The van der Waals surface area contributed by atoms with E-state index in [1.165, 1.54) is 17.3 Å². The highest BCUT2D eigenvalue weighted by atomic mass is 32.2. The van der Waals surface area contributed by atoms with E-state index in [2.05, 4.69) is 18.2 Å². The van der Waals surface area contributed by atoms with Gasteiger partial charge in [-0.2, -0.15) is 5.26 Å². The maximum atomic E-state index is 12.3. The van der Waals surface area contributed by atoms with Crippen LogP contribution in [0.15, 0.2) is 65.7 Å². The van der Waals surface area contributed by atoms with Crippen LogP contribution >= 0.6 is 11.8 Å². The fraction of sp³-hybridized carbons (Fsp3) is 0.333. The first kappa shape index (κ1) is 23.7. The lowest BCUT2D eigenvalue weighted by Gasteiger charge is -2.38. The third-order valence-electron chi connectivity index (χ3n) is 6.32. The number of nitrogens with zero attached hydrogens (tertiary/aromatic N) is 2. The van der Waals surface area contributed by atoms with E-state index >= 15 is 0 Å². The fourth-order valence-electron chi connectivity index (χ4n) is 4.48. The van der Waals surface area contributed by atoms with E-state index in [-0.39, 0.29) is 5.25 Å². The number of thioether (sulfide) groups is 1. The Balaban J connectivity index is 1.77. The van der Waals surface area contributed by atoms with Crippen molar-refractivity contribution in [1.29, 1.82) is 5.26 Å². The van der Waals surface area contributed by atoms with Crippen molar-refractivity contribution in [2.75, 3.05) is 12.0 Å². The molecule has 0 spiro atoms. The van der Waals surface area contributed by atoms with Gasteiger partial charge in [0.2, 0.25) is 0 Å². The quantitative estimate of drug-likeness (QED) is 0.459. The van der Waals surface area contributed by atoms with Crippen LogP contribution < -0.4 is 0 Å². The molecule has 1 N–H and O–H groups in total. The topological polar surface area (TPSA) is 74.0 Å². The predicted molar refractivity (Wildman–Crippen MR) is 137 cm³/mol. The molecule has 170 valence electrons. The van der Waals surface area contributed by atoms with Crippen LogP contribution in [0.4, 0.5) is 0 Å². The molecule has 33 heavy (non-hydrogen) atoms. The summed E-state index contributed by atoms with van der Waals surface area (Å²) in [6, 6.07) is 22.4. The van der Waals surface area contributed by atoms with Crippen molar-refractivity contribution in [2.24, 2.45) is 0 Å². The second kappa shape index (κ2) is 10.2. The van der Waals surface area contributed by atoms with E-state index in [4.69, 9.17) is 4.98 Å². The SMILES string of the molecule is Cc1ccc(-c2cc(-c3ccccc3)c(C#N)c(SC[C@]3(O)CCCC[C@@H]3[S@](C)=O)n2)cc1. The molecule has 6 heteroatoms. The Hall–Kier alpha value is -2.46. The van der Waals surface area contributed by atoms with Gasteiger partial charge >= 0.3 is 0 Å². The number of rotatable bonds is 6. The van der Waals surface area contributed by atoms with Crippen LogP contribution in [0.3, 0.4) is 0 Å². The molecule has 3 aromatic rings. The van der Waals surface area contributed by atoms with E-state index in [9.17, 15) is 14.6 Å². The highest BCUT2D eigenvalue weighted by Gasteiger charge is 2.41. The lowest BCUT2D eigenvalue weighted by atomic mass is 9.86. The van der Waals surface area contributed by atoms with Crippen molar-refractivity contribution in [2.45, 2.75) is 48.5 Å². The highest BCUT2D eigenvalue weighted by Crippen LogP contribution is 2.39. The highest BCUT2D eigenvalue weighted by molar-refractivity contribution is 7.99. The van der Waals surface area contributed by atoms with Crippen LogP contribution in [0, 0.1) is 18.3 Å². The molecule has 1 aliphatic carbocycles. The zero-order chi connectivity index (χ0) is 23.4. The van der Waals surface area contributed by atoms with Crippen molar-refractivity contribution < 1.29 is 9.32 Å². The molecule has 1 aliphatic rings. The molecule has 4 rings (SSSR count). The molecule has 0 amide bonds. The third kappa shape index (κ3) is 5.22. The minimum atomic E-state index is -1.11. The van der Waals surface area contributed by atoms with Crippen LogP contribution in [0.1, 0.15) is 36.8 Å². The average molecular weight is 477 g/mol. The molecule has 1 fully saturated rings. The number of benzene rings is 2. The first-order chi connectivity index (χ1) is 15.9. The van der Waals surface area contributed by atoms with Gasteiger partial charge in [0.15, 0.2) is 0 Å². The van der Waals surface area contributed by atoms with Crippen molar-refractivity contribution in [3.63, 3.8) is 0 Å². The molecule has 1 saturated carbocycles. The summed E-state index contributed by atoms with van der Waals surface area (Å²) >= 11 is 1.40. The Morgan fingerprint density at radius 3 is 2.55 bits per heavy atom. The van der Waals surface area contributed by atoms with E-state index < -0.39 is 16.4 Å². The normalized spacial score (nSPS) is 21.3. The predicted octanol–water partition coefficient (Wildman–Crippen LogP) is 5.74. The maximum absolute atomic E-state index is 12.3. The molecule has 0 saturated heterocycles. The Bertz CT molecular complexity index is 1190. The summed E-state index contributed by atoms with van der Waals surface area (Å²) in [6.45, 7) is 2.05. The van der Waals surface area contributed by atoms with Crippen molar-refractivity contribution in [1.82, 2.24) is 4.98 Å². The van der Waals surface area contributed by atoms with E-state index in [0.29, 0.717) is 22.8 Å². The lowest BCUT2D eigenvalue weighted by molar-refractivity contribution is 0.0326. The number of aryl methyl sites for hydroxylation is 1. The van der Waals surface area contributed by atoms with Gasteiger partial charge in [0.25, 0.3) is 0 Å². The van der Waals surface area contributed by atoms with Crippen LogP contribution in [-0.2, 0) is 10.8 Å². The van der Waals surface area contributed by atoms with Gasteiger partial charge in [0, 0.05) is 33.9 Å². The van der Waals surface area contributed by atoms with Crippen LogP contribution in [-0.4, -0.2) is 37.2 Å². The van der Waals surface area contributed by atoms with E-state index in [1.807, 2.05) is 55.5 Å². The van der Waals surface area contributed by atoms with Gasteiger partial charge in [-0.25, -0.2) is 4.98 Å². The number of pyridine rings is 1. The summed E-state index contributed by atoms with van der Waals surface area (Å²) in [5.74, 6) is 0.366. The number of aliphatic hydroxyl groups is 1. The summed E-state index contributed by atoms with van der Waals surface area (Å²) in [6.07, 6.45) is 4.96. The molecule has 0 aliphatic heterocycles. The second-order valence-electron chi connectivity index (χ2n) is 8.70. The Morgan fingerprint density at radius 1 is 1.15 bits per heavy atom. The number of nitriles is 1. The third-order valence-corrected chi connectivity index (χ3v) is 9.00. The van der Waals surface area contributed by atoms with Crippen LogP contribution in [0.25, 0.3) is 22.4 Å². The molecule has 0 unspecified atom stereocenters. The molecule has 3 atom stereocenters. The van der Waals surface area contributed by atoms with Gasteiger partial charge in [-0.3, -0.25) is 4.21 Å². The molecular weight excluding hydrogens is 448 g/mol. The Labute approximate surface area is 202 Å². The second-order valence-corrected chi connectivity index (χ2v) is 11.2. The summed E-state index contributed by atoms with van der Waals surface area (Å²) in [4.78, 5) is 4.87. The number of hydrogen-bond donors (Lipinski definition) is 1. The van der Waals surface area contributed by atoms with Crippen molar-refractivity contribution >= 4 is 22.6 Å².